The predicted octanol–water partition coefficient (Wildman–Crippen LogP) is 3.35. The van der Waals surface area contributed by atoms with Gasteiger partial charge in [0.2, 0.25) is 0 Å². The van der Waals surface area contributed by atoms with E-state index in [0.717, 1.165) is 11.3 Å². The van der Waals surface area contributed by atoms with Crippen LogP contribution in [0.2, 0.25) is 0 Å². The quantitative estimate of drug-likeness (QED) is 0.514. The van der Waals surface area contributed by atoms with Crippen molar-refractivity contribution in [3.8, 4) is 17.2 Å². The number of methoxy groups -OCH3 is 1. The van der Waals surface area contributed by atoms with Crippen molar-refractivity contribution in [2.75, 3.05) is 7.11 Å². The Hall–Kier alpha value is -3.48. The molecule has 0 amide bonds. The van der Waals surface area contributed by atoms with Crippen LogP contribution in [-0.4, -0.2) is 32.4 Å². The van der Waals surface area contributed by atoms with E-state index < -0.39 is 0 Å². The molecule has 0 aliphatic heterocycles. The van der Waals surface area contributed by atoms with Crippen LogP contribution in [0.1, 0.15) is 23.1 Å². The van der Waals surface area contributed by atoms with Gasteiger partial charge in [-0.1, -0.05) is 12.1 Å². The number of Topliss-reactive ketones (excluding diaryl/α,β-unsaturated/α-hetero) is 1. The molecule has 0 saturated carbocycles. The Morgan fingerprint density at radius 2 is 2.00 bits per heavy atom. The molecule has 3 aromatic heterocycles. The Morgan fingerprint density at radius 1 is 1.19 bits per heavy atom. The fourth-order valence-electron chi connectivity index (χ4n) is 2.73. The normalized spacial score (nSPS) is 11.0. The zero-order valence-electron chi connectivity index (χ0n) is 14.3. The molecule has 0 saturated heterocycles. The molecular formula is C19H16N4O3. The van der Waals surface area contributed by atoms with Crippen LogP contribution >= 0.6 is 0 Å². The molecule has 130 valence electrons. The fraction of sp³-hybridized carbons (Fsp3) is 0.158. The first kappa shape index (κ1) is 16.0. The SMILES string of the molecule is COc1ccc(Cn2cnc3c(-c4ccco4)nc(C(C)=O)nc32)cc1. The molecule has 3 heterocycles. The molecule has 0 unspecified atom stereocenters. The molecule has 0 radical (unpaired) electrons. The van der Waals surface area contributed by atoms with E-state index in [4.69, 9.17) is 9.15 Å². The molecule has 0 fully saturated rings. The van der Waals surface area contributed by atoms with Crippen molar-refractivity contribution < 1.29 is 13.9 Å². The minimum absolute atomic E-state index is 0.139. The monoisotopic (exact) mass is 348 g/mol. The summed E-state index contributed by atoms with van der Waals surface area (Å²) in [4.78, 5) is 25.1. The van der Waals surface area contributed by atoms with Crippen LogP contribution in [0.5, 0.6) is 5.75 Å². The van der Waals surface area contributed by atoms with Crippen molar-refractivity contribution in [1.82, 2.24) is 19.5 Å². The van der Waals surface area contributed by atoms with Crippen molar-refractivity contribution in [2.24, 2.45) is 0 Å². The smallest absolute Gasteiger partial charge is 0.198 e. The molecule has 1 aromatic carbocycles. The Balaban J connectivity index is 1.82. The molecule has 7 nitrogen and oxygen atoms in total. The van der Waals surface area contributed by atoms with Gasteiger partial charge in [-0.15, -0.1) is 0 Å². The van der Waals surface area contributed by atoms with E-state index in [-0.39, 0.29) is 11.6 Å². The second kappa shape index (κ2) is 6.44. The van der Waals surface area contributed by atoms with E-state index in [0.29, 0.717) is 29.2 Å². The summed E-state index contributed by atoms with van der Waals surface area (Å²) < 4.78 is 12.5. The molecule has 7 heteroatoms. The number of imidazole rings is 1. The Labute approximate surface area is 149 Å². The van der Waals surface area contributed by atoms with Gasteiger partial charge >= 0.3 is 0 Å². The van der Waals surface area contributed by atoms with Gasteiger partial charge in [-0.05, 0) is 29.8 Å². The number of aromatic nitrogens is 4. The van der Waals surface area contributed by atoms with Gasteiger partial charge in [0.1, 0.15) is 17.0 Å². The molecule has 0 aliphatic carbocycles. The average molecular weight is 348 g/mol. The second-order valence-electron chi connectivity index (χ2n) is 5.82. The van der Waals surface area contributed by atoms with E-state index in [2.05, 4.69) is 15.0 Å². The highest BCUT2D eigenvalue weighted by Gasteiger charge is 2.18. The largest absolute Gasteiger partial charge is 0.497 e. The summed E-state index contributed by atoms with van der Waals surface area (Å²) in [5.74, 6) is 1.28. The Kier molecular flexibility index (Phi) is 3.96. The van der Waals surface area contributed by atoms with Crippen LogP contribution in [0.15, 0.2) is 53.4 Å². The van der Waals surface area contributed by atoms with Gasteiger partial charge in [-0.2, -0.15) is 0 Å². The first-order valence-electron chi connectivity index (χ1n) is 8.06. The summed E-state index contributed by atoms with van der Waals surface area (Å²) in [6.07, 6.45) is 3.25. The Morgan fingerprint density at radius 3 is 2.65 bits per heavy atom. The molecule has 0 aliphatic rings. The topological polar surface area (TPSA) is 83.0 Å². The van der Waals surface area contributed by atoms with E-state index >= 15 is 0 Å². The molecule has 4 aromatic rings. The van der Waals surface area contributed by atoms with Gasteiger partial charge in [-0.25, -0.2) is 15.0 Å². The van der Waals surface area contributed by atoms with Gasteiger partial charge in [-0.3, -0.25) is 4.79 Å². The molecule has 4 rings (SSSR count). The van der Waals surface area contributed by atoms with Gasteiger partial charge < -0.3 is 13.7 Å². The van der Waals surface area contributed by atoms with Crippen molar-refractivity contribution in [3.05, 3.63) is 60.4 Å². The van der Waals surface area contributed by atoms with Gasteiger partial charge in [0.25, 0.3) is 0 Å². The van der Waals surface area contributed by atoms with Crippen molar-refractivity contribution in [1.29, 1.82) is 0 Å². The zero-order chi connectivity index (χ0) is 18.1. The fourth-order valence-corrected chi connectivity index (χ4v) is 2.73. The highest BCUT2D eigenvalue weighted by atomic mass is 16.5. The first-order valence-corrected chi connectivity index (χ1v) is 8.06. The van der Waals surface area contributed by atoms with Gasteiger partial charge in [0.15, 0.2) is 23.0 Å². The minimum Gasteiger partial charge on any atom is -0.497 e. The average Bonchev–Trinajstić information content (AvgIpc) is 3.32. The predicted molar refractivity (Wildman–Crippen MR) is 95.1 cm³/mol. The van der Waals surface area contributed by atoms with E-state index in [1.165, 1.54) is 6.92 Å². The number of carbonyl (C=O) groups is 1. The standard InChI is InChI=1S/C19H16N4O3/c1-12(24)18-21-16(15-4-3-9-26-15)17-19(22-18)23(11-20-17)10-13-5-7-14(25-2)8-6-13/h3-9,11H,10H2,1-2H3. The second-order valence-corrected chi connectivity index (χ2v) is 5.82. The van der Waals surface area contributed by atoms with Crippen LogP contribution in [0.25, 0.3) is 22.6 Å². The number of ether oxygens (including phenoxy) is 1. The molecule has 0 bridgehead atoms. The molecule has 0 atom stereocenters. The van der Waals surface area contributed by atoms with Crippen molar-refractivity contribution in [3.63, 3.8) is 0 Å². The maximum absolute atomic E-state index is 11.9. The molecule has 26 heavy (non-hydrogen) atoms. The number of furan rings is 1. The van der Waals surface area contributed by atoms with Gasteiger partial charge in [0, 0.05) is 6.92 Å². The van der Waals surface area contributed by atoms with Crippen LogP contribution in [0.4, 0.5) is 0 Å². The lowest BCUT2D eigenvalue weighted by Gasteiger charge is -2.07. The number of ketones is 1. The van der Waals surface area contributed by atoms with Crippen molar-refractivity contribution in [2.45, 2.75) is 13.5 Å². The van der Waals surface area contributed by atoms with Crippen LogP contribution in [-0.2, 0) is 6.54 Å². The number of carbonyl (C=O) groups excluding carboxylic acids is 1. The lowest BCUT2D eigenvalue weighted by molar-refractivity contribution is 0.100. The zero-order valence-corrected chi connectivity index (χ0v) is 14.3. The summed E-state index contributed by atoms with van der Waals surface area (Å²) in [7, 11) is 1.63. The maximum Gasteiger partial charge on any atom is 0.198 e. The summed E-state index contributed by atoms with van der Waals surface area (Å²) in [5, 5.41) is 0. The lowest BCUT2D eigenvalue weighted by Crippen LogP contribution is -2.06. The summed E-state index contributed by atoms with van der Waals surface area (Å²) in [6.45, 7) is 2.00. The molecular weight excluding hydrogens is 332 g/mol. The van der Waals surface area contributed by atoms with Crippen LogP contribution in [0, 0.1) is 0 Å². The third-order valence-corrected chi connectivity index (χ3v) is 4.05. The Bertz CT molecular complexity index is 1070. The molecule has 0 spiro atoms. The summed E-state index contributed by atoms with van der Waals surface area (Å²) in [6, 6.07) is 11.3. The third kappa shape index (κ3) is 2.83. The summed E-state index contributed by atoms with van der Waals surface area (Å²) >= 11 is 0. The van der Waals surface area contributed by atoms with E-state index in [1.54, 1.807) is 31.8 Å². The van der Waals surface area contributed by atoms with Gasteiger partial charge in [0.05, 0.1) is 26.2 Å². The van der Waals surface area contributed by atoms with E-state index in [1.807, 2.05) is 28.8 Å². The minimum atomic E-state index is -0.211. The van der Waals surface area contributed by atoms with Crippen LogP contribution in [0.3, 0.4) is 0 Å². The van der Waals surface area contributed by atoms with Crippen molar-refractivity contribution >= 4 is 16.9 Å². The van der Waals surface area contributed by atoms with E-state index in [9.17, 15) is 4.79 Å². The number of rotatable bonds is 5. The number of benzene rings is 1. The first-order chi connectivity index (χ1) is 12.7. The highest BCUT2D eigenvalue weighted by Crippen LogP contribution is 2.26. The van der Waals surface area contributed by atoms with Crippen LogP contribution < -0.4 is 4.74 Å². The maximum atomic E-state index is 11.9. The molecule has 0 N–H and O–H groups in total. The number of hydrogen-bond donors (Lipinski definition) is 0. The number of nitrogens with zero attached hydrogens (tertiary/aromatic N) is 4. The third-order valence-electron chi connectivity index (χ3n) is 4.05. The highest BCUT2D eigenvalue weighted by molar-refractivity contribution is 5.95. The number of fused-ring (bicyclic) bond motifs is 1. The number of hydrogen-bond acceptors (Lipinski definition) is 6. The lowest BCUT2D eigenvalue weighted by atomic mass is 10.2. The summed E-state index contributed by atoms with van der Waals surface area (Å²) in [5.41, 5.74) is 2.76.